The molecule has 4 rings (SSSR count). The van der Waals surface area contributed by atoms with Crippen molar-refractivity contribution in [1.82, 2.24) is 15.2 Å². The van der Waals surface area contributed by atoms with Gasteiger partial charge in [0, 0.05) is 51.2 Å². The van der Waals surface area contributed by atoms with Gasteiger partial charge in [0.05, 0.1) is 13.2 Å². The van der Waals surface area contributed by atoms with Crippen molar-refractivity contribution < 1.29 is 9.53 Å². The molecule has 3 aliphatic rings. The highest BCUT2D eigenvalue weighted by Crippen LogP contribution is 2.37. The lowest BCUT2D eigenvalue weighted by atomic mass is 9.75. The normalized spacial score (nSPS) is 26.4. The number of hydrogen-bond donors (Lipinski definition) is 1. The topological polar surface area (TPSA) is 57.7 Å². The molecule has 0 spiro atoms. The van der Waals surface area contributed by atoms with E-state index < -0.39 is 0 Å². The Bertz CT molecular complexity index is 632. The van der Waals surface area contributed by atoms with Gasteiger partial charge in [-0.25, -0.2) is 0 Å². The smallest absolute Gasteiger partial charge is 0.269 e. The first-order valence-electron chi connectivity index (χ1n) is 10.6. The fourth-order valence-electron chi connectivity index (χ4n) is 4.82. The highest BCUT2D eigenvalue weighted by atomic mass is 16.5. The van der Waals surface area contributed by atoms with Gasteiger partial charge < -0.3 is 15.0 Å². The molecule has 1 N–H and O–H groups in total. The summed E-state index contributed by atoms with van der Waals surface area (Å²) in [4.78, 5) is 21.6. The van der Waals surface area contributed by atoms with Crippen molar-refractivity contribution in [2.75, 3.05) is 57.4 Å². The molecule has 0 unspecified atom stereocenters. The Balaban J connectivity index is 1.31. The average molecular weight is 373 g/mol. The second-order valence-electron chi connectivity index (χ2n) is 8.15. The molecule has 1 aliphatic carbocycles. The van der Waals surface area contributed by atoms with E-state index in [9.17, 15) is 4.79 Å². The van der Waals surface area contributed by atoms with E-state index >= 15 is 0 Å². The number of fused-ring (bicyclic) bond motifs is 1. The number of nitrogens with one attached hydrogen (secondary N) is 1. The molecule has 6 heteroatoms. The van der Waals surface area contributed by atoms with Crippen LogP contribution in [0.4, 0.5) is 5.69 Å². The van der Waals surface area contributed by atoms with Crippen LogP contribution in [0.15, 0.2) is 18.3 Å². The van der Waals surface area contributed by atoms with Gasteiger partial charge in [0.15, 0.2) is 0 Å². The van der Waals surface area contributed by atoms with E-state index in [0.717, 1.165) is 63.5 Å². The highest BCUT2D eigenvalue weighted by Gasteiger charge is 2.31. The Kier molecular flexibility index (Phi) is 6.24. The summed E-state index contributed by atoms with van der Waals surface area (Å²) in [6.45, 7) is 7.21. The van der Waals surface area contributed by atoms with Crippen LogP contribution in [0.1, 0.15) is 42.6 Å². The summed E-state index contributed by atoms with van der Waals surface area (Å²) in [6.07, 6.45) is 8.62. The van der Waals surface area contributed by atoms with Crippen molar-refractivity contribution in [3.8, 4) is 0 Å². The Labute approximate surface area is 162 Å². The first-order valence-corrected chi connectivity index (χ1v) is 10.6. The van der Waals surface area contributed by atoms with Gasteiger partial charge in [-0.3, -0.25) is 14.7 Å². The number of nitrogens with zero attached hydrogens (tertiary/aromatic N) is 3. The van der Waals surface area contributed by atoms with Crippen molar-refractivity contribution in [2.24, 2.45) is 11.8 Å². The zero-order valence-corrected chi connectivity index (χ0v) is 16.2. The molecular weight excluding hydrogens is 340 g/mol. The van der Waals surface area contributed by atoms with Crippen LogP contribution in [0.25, 0.3) is 0 Å². The predicted octanol–water partition coefficient (Wildman–Crippen LogP) is 2.16. The van der Waals surface area contributed by atoms with Crippen LogP contribution in [0, 0.1) is 11.8 Å². The van der Waals surface area contributed by atoms with Crippen molar-refractivity contribution in [3.63, 3.8) is 0 Å². The summed E-state index contributed by atoms with van der Waals surface area (Å²) >= 11 is 0. The zero-order valence-electron chi connectivity index (χ0n) is 16.2. The lowest BCUT2D eigenvalue weighted by Crippen LogP contribution is -2.42. The number of ether oxygens (including phenoxy) is 1. The van der Waals surface area contributed by atoms with Crippen molar-refractivity contribution >= 4 is 11.6 Å². The van der Waals surface area contributed by atoms with E-state index in [2.05, 4.69) is 20.1 Å². The molecule has 2 saturated heterocycles. The van der Waals surface area contributed by atoms with E-state index in [0.29, 0.717) is 12.2 Å². The quantitative estimate of drug-likeness (QED) is 0.858. The fourth-order valence-corrected chi connectivity index (χ4v) is 4.82. The average Bonchev–Trinajstić information content (AvgIpc) is 2.74. The van der Waals surface area contributed by atoms with Gasteiger partial charge in [-0.1, -0.05) is 19.3 Å². The molecule has 0 bridgehead atoms. The van der Waals surface area contributed by atoms with Gasteiger partial charge in [0.2, 0.25) is 0 Å². The molecule has 0 aromatic carbocycles. The number of carbonyl (C=O) groups excluding carboxylic acids is 1. The second-order valence-corrected chi connectivity index (χ2v) is 8.15. The third kappa shape index (κ3) is 4.79. The maximum atomic E-state index is 12.5. The number of pyridine rings is 1. The van der Waals surface area contributed by atoms with Gasteiger partial charge in [-0.05, 0) is 36.8 Å². The number of anilines is 1. The summed E-state index contributed by atoms with van der Waals surface area (Å²) in [5.74, 6) is 1.67. The standard InChI is InChI=1S/C21H32N4O2/c26-21(23-8-10-24-11-13-27-14-12-24)20-15-19(5-7-22-20)25-9-6-17-3-1-2-4-18(17)16-25/h5,7,15,17-18H,1-4,6,8-14,16H2,(H,23,26)/t17-,18-/m0/s1. The van der Waals surface area contributed by atoms with Crippen LogP contribution in [0.2, 0.25) is 0 Å². The summed E-state index contributed by atoms with van der Waals surface area (Å²) in [7, 11) is 0. The Morgan fingerprint density at radius 1 is 1.15 bits per heavy atom. The minimum Gasteiger partial charge on any atom is -0.379 e. The number of rotatable bonds is 5. The van der Waals surface area contributed by atoms with Crippen LogP contribution in [-0.4, -0.2) is 68.3 Å². The maximum absolute atomic E-state index is 12.5. The maximum Gasteiger partial charge on any atom is 0.269 e. The Morgan fingerprint density at radius 3 is 2.81 bits per heavy atom. The Hall–Kier alpha value is -1.66. The summed E-state index contributed by atoms with van der Waals surface area (Å²) in [5.41, 5.74) is 1.67. The van der Waals surface area contributed by atoms with Crippen molar-refractivity contribution in [1.29, 1.82) is 0 Å². The molecule has 2 atom stereocenters. The van der Waals surface area contributed by atoms with Gasteiger partial charge in [0.25, 0.3) is 5.91 Å². The first kappa shape index (κ1) is 18.7. The van der Waals surface area contributed by atoms with E-state index in [4.69, 9.17) is 4.74 Å². The third-order valence-electron chi connectivity index (χ3n) is 6.45. The van der Waals surface area contributed by atoms with E-state index in [1.165, 1.54) is 32.1 Å². The molecule has 1 aromatic heterocycles. The molecule has 148 valence electrons. The van der Waals surface area contributed by atoms with Crippen molar-refractivity contribution in [2.45, 2.75) is 32.1 Å². The number of morpholine rings is 1. The monoisotopic (exact) mass is 372 g/mol. The second kappa shape index (κ2) is 9.02. The van der Waals surface area contributed by atoms with Crippen LogP contribution in [-0.2, 0) is 4.74 Å². The molecule has 27 heavy (non-hydrogen) atoms. The SMILES string of the molecule is O=C(NCCN1CCOCC1)c1cc(N2CC[C@@H]3CCCC[C@H]3C2)ccn1. The summed E-state index contributed by atoms with van der Waals surface area (Å²) < 4.78 is 5.36. The first-order chi connectivity index (χ1) is 13.3. The van der Waals surface area contributed by atoms with Gasteiger partial charge >= 0.3 is 0 Å². The molecule has 1 aromatic rings. The third-order valence-corrected chi connectivity index (χ3v) is 6.45. The van der Waals surface area contributed by atoms with Crippen LogP contribution in [0.5, 0.6) is 0 Å². The molecule has 1 amide bonds. The zero-order chi connectivity index (χ0) is 18.5. The highest BCUT2D eigenvalue weighted by molar-refractivity contribution is 5.93. The fraction of sp³-hybridized carbons (Fsp3) is 0.714. The van der Waals surface area contributed by atoms with Crippen LogP contribution < -0.4 is 10.2 Å². The van der Waals surface area contributed by atoms with Crippen LogP contribution in [0.3, 0.4) is 0 Å². The molecular formula is C21H32N4O2. The van der Waals surface area contributed by atoms with Crippen LogP contribution >= 0.6 is 0 Å². The summed E-state index contributed by atoms with van der Waals surface area (Å²) in [6, 6.07) is 4.01. The predicted molar refractivity (Wildman–Crippen MR) is 106 cm³/mol. The number of amides is 1. The van der Waals surface area contributed by atoms with Gasteiger partial charge in [0.1, 0.15) is 5.69 Å². The minimum absolute atomic E-state index is 0.0716. The van der Waals surface area contributed by atoms with Gasteiger partial charge in [-0.15, -0.1) is 0 Å². The number of hydrogen-bond acceptors (Lipinski definition) is 5. The van der Waals surface area contributed by atoms with E-state index in [1.807, 2.05) is 12.1 Å². The van der Waals surface area contributed by atoms with Crippen molar-refractivity contribution in [3.05, 3.63) is 24.0 Å². The summed E-state index contributed by atoms with van der Waals surface area (Å²) in [5, 5.41) is 3.02. The lowest BCUT2D eigenvalue weighted by Gasteiger charge is -2.42. The number of carbonyl (C=O) groups is 1. The van der Waals surface area contributed by atoms with E-state index in [-0.39, 0.29) is 5.91 Å². The number of piperidine rings is 1. The molecule has 2 aliphatic heterocycles. The largest absolute Gasteiger partial charge is 0.379 e. The molecule has 3 heterocycles. The minimum atomic E-state index is -0.0716. The molecule has 6 nitrogen and oxygen atoms in total. The van der Waals surface area contributed by atoms with Gasteiger partial charge in [-0.2, -0.15) is 0 Å². The Morgan fingerprint density at radius 2 is 1.96 bits per heavy atom. The number of aromatic nitrogens is 1. The molecule has 3 fully saturated rings. The van der Waals surface area contributed by atoms with E-state index in [1.54, 1.807) is 6.20 Å². The molecule has 1 saturated carbocycles. The lowest BCUT2D eigenvalue weighted by molar-refractivity contribution is 0.0383. The molecule has 0 radical (unpaired) electrons.